The van der Waals surface area contributed by atoms with Crippen LogP contribution in [0.25, 0.3) is 0 Å². The van der Waals surface area contributed by atoms with E-state index in [1.54, 1.807) is 5.57 Å². The number of aliphatic hydroxyl groups is 1. The lowest BCUT2D eigenvalue weighted by molar-refractivity contribution is -0.906. The van der Waals surface area contributed by atoms with Crippen molar-refractivity contribution in [1.82, 2.24) is 0 Å². The molecule has 0 bridgehead atoms. The van der Waals surface area contributed by atoms with Crippen molar-refractivity contribution in [3.05, 3.63) is 11.6 Å². The van der Waals surface area contributed by atoms with Crippen LogP contribution in [0.3, 0.4) is 0 Å². The summed E-state index contributed by atoms with van der Waals surface area (Å²) in [6.07, 6.45) is 13.2. The van der Waals surface area contributed by atoms with Crippen LogP contribution in [0.15, 0.2) is 11.6 Å². The van der Waals surface area contributed by atoms with Crippen LogP contribution in [-0.4, -0.2) is 55.1 Å². The topological polar surface area (TPSA) is 29.5 Å². The molecule has 3 nitrogen and oxygen atoms in total. The van der Waals surface area contributed by atoms with E-state index in [2.05, 4.69) is 40.8 Å². The predicted octanol–water partition coefficient (Wildman–Crippen LogP) is 5.82. The summed E-state index contributed by atoms with van der Waals surface area (Å²) in [7, 11) is 2.35. The lowest BCUT2D eigenvalue weighted by atomic mass is 9.47. The fraction of sp³-hybridized carbons (Fsp3) is 0.929. The molecule has 4 aliphatic carbocycles. The average Bonchev–Trinajstić information content (AvgIpc) is 3.11. The molecule has 3 saturated carbocycles. The van der Waals surface area contributed by atoms with Crippen molar-refractivity contribution >= 4 is 0 Å². The Hall–Kier alpha value is -0.380. The van der Waals surface area contributed by atoms with Gasteiger partial charge in [0.1, 0.15) is 6.54 Å². The minimum Gasteiger partial charge on any atom is -0.393 e. The molecule has 0 radical (unpaired) electrons. The fourth-order valence-corrected chi connectivity index (χ4v) is 8.58. The van der Waals surface area contributed by atoms with E-state index in [-0.39, 0.29) is 6.10 Å². The largest absolute Gasteiger partial charge is 0.393 e. The van der Waals surface area contributed by atoms with E-state index in [9.17, 15) is 5.11 Å². The molecule has 178 valence electrons. The molecule has 4 aliphatic rings. The molecule has 4 rings (SSSR count). The van der Waals surface area contributed by atoms with E-state index in [1.165, 1.54) is 64.5 Å². The van der Waals surface area contributed by atoms with Crippen molar-refractivity contribution in [2.45, 2.75) is 98.2 Å². The van der Waals surface area contributed by atoms with Gasteiger partial charge in [-0.3, -0.25) is 0 Å². The van der Waals surface area contributed by atoms with Gasteiger partial charge >= 0.3 is 0 Å². The van der Waals surface area contributed by atoms with Gasteiger partial charge in [-0.15, -0.1) is 0 Å². The summed E-state index contributed by atoms with van der Waals surface area (Å²) in [6, 6.07) is 0. The first-order valence-corrected chi connectivity index (χ1v) is 13.5. The quantitative estimate of drug-likeness (QED) is 0.406. The fourth-order valence-electron chi connectivity index (χ4n) is 8.58. The van der Waals surface area contributed by atoms with Crippen molar-refractivity contribution < 1.29 is 14.3 Å². The van der Waals surface area contributed by atoms with E-state index >= 15 is 0 Å². The Kier molecular flexibility index (Phi) is 6.72. The van der Waals surface area contributed by atoms with E-state index < -0.39 is 0 Å². The molecule has 8 atom stereocenters. The number of likely N-dealkylation sites (N-methyl/N-ethyl adjacent to an activating group) is 1. The molecule has 3 heteroatoms. The van der Waals surface area contributed by atoms with Gasteiger partial charge in [0.2, 0.25) is 0 Å². The van der Waals surface area contributed by atoms with Gasteiger partial charge < -0.3 is 14.3 Å². The molecule has 0 aromatic carbocycles. The highest BCUT2D eigenvalue weighted by molar-refractivity contribution is 5.25. The van der Waals surface area contributed by atoms with Gasteiger partial charge in [0, 0.05) is 0 Å². The molecule has 0 aromatic rings. The van der Waals surface area contributed by atoms with Gasteiger partial charge in [-0.25, -0.2) is 0 Å². The summed E-state index contributed by atoms with van der Waals surface area (Å²) < 4.78 is 7.57. The van der Waals surface area contributed by atoms with Gasteiger partial charge in [0.05, 0.1) is 39.0 Å². The maximum absolute atomic E-state index is 10.4. The first-order valence-electron chi connectivity index (χ1n) is 13.5. The molecule has 3 fully saturated rings. The van der Waals surface area contributed by atoms with Crippen molar-refractivity contribution in [3.8, 4) is 0 Å². The van der Waals surface area contributed by atoms with Gasteiger partial charge in [-0.05, 0) is 107 Å². The van der Waals surface area contributed by atoms with E-state index in [0.717, 1.165) is 35.4 Å². The SMILES string of the molecule is CC[N+](C)(CC)CCO[C@H]1CC[C@@]2(C)C(=CCC3C2CC[C@@]2(C)C3CC[C@@H]2[C@@H](C)O)C1. The second-order valence-electron chi connectivity index (χ2n) is 12.4. The first kappa shape index (κ1) is 23.8. The molecule has 0 spiro atoms. The minimum absolute atomic E-state index is 0.148. The Labute approximate surface area is 192 Å². The van der Waals surface area contributed by atoms with Gasteiger partial charge in [-0.1, -0.05) is 25.5 Å². The summed E-state index contributed by atoms with van der Waals surface area (Å²) >= 11 is 0. The molecule has 1 N–H and O–H groups in total. The molecule has 0 amide bonds. The Morgan fingerprint density at radius 3 is 2.52 bits per heavy atom. The Morgan fingerprint density at radius 2 is 1.84 bits per heavy atom. The van der Waals surface area contributed by atoms with Gasteiger partial charge in [0.25, 0.3) is 0 Å². The van der Waals surface area contributed by atoms with Crippen LogP contribution in [0.1, 0.15) is 86.0 Å². The third-order valence-corrected chi connectivity index (χ3v) is 11.2. The molecular formula is C28H50NO2+. The van der Waals surface area contributed by atoms with Gasteiger partial charge in [-0.2, -0.15) is 0 Å². The highest BCUT2D eigenvalue weighted by Gasteiger charge is 2.59. The molecule has 31 heavy (non-hydrogen) atoms. The monoisotopic (exact) mass is 432 g/mol. The number of ether oxygens (including phenoxy) is 1. The van der Waals surface area contributed by atoms with Crippen LogP contribution in [0.5, 0.6) is 0 Å². The maximum Gasteiger partial charge on any atom is 0.102 e. The predicted molar refractivity (Wildman–Crippen MR) is 129 cm³/mol. The standard InChI is InChI=1S/C28H50NO2/c1-7-29(6,8-2)17-18-31-22-13-15-27(4)21(19-22)9-10-23-25-12-11-24(20(3)30)28(25,5)16-14-26(23)27/h9,20,22-26,30H,7-8,10-19H2,1-6H3/q+1/t20-,22+,23?,24-,25?,26?,27+,28-/m1/s1. The zero-order chi connectivity index (χ0) is 22.4. The normalized spacial score (nSPS) is 43.6. The summed E-state index contributed by atoms with van der Waals surface area (Å²) in [5.74, 6) is 3.00. The maximum atomic E-state index is 10.4. The van der Waals surface area contributed by atoms with E-state index in [0.29, 0.717) is 22.9 Å². The Morgan fingerprint density at radius 1 is 1.10 bits per heavy atom. The molecular weight excluding hydrogens is 382 g/mol. The number of hydrogen-bond donors (Lipinski definition) is 1. The number of nitrogens with zero attached hydrogens (tertiary/aromatic N) is 1. The number of rotatable bonds is 7. The minimum atomic E-state index is -0.148. The Bertz CT molecular complexity index is 668. The average molecular weight is 433 g/mol. The van der Waals surface area contributed by atoms with Crippen molar-refractivity contribution in [2.75, 3.05) is 33.3 Å². The molecule has 0 saturated heterocycles. The van der Waals surface area contributed by atoms with Crippen LogP contribution >= 0.6 is 0 Å². The molecule has 0 heterocycles. The van der Waals surface area contributed by atoms with E-state index in [4.69, 9.17) is 4.74 Å². The highest BCUT2D eigenvalue weighted by Crippen LogP contribution is 2.66. The Balaban J connectivity index is 1.42. The number of fused-ring (bicyclic) bond motifs is 5. The van der Waals surface area contributed by atoms with Crippen LogP contribution < -0.4 is 0 Å². The summed E-state index contributed by atoms with van der Waals surface area (Å²) in [6.45, 7) is 16.1. The van der Waals surface area contributed by atoms with E-state index in [1.807, 2.05) is 6.92 Å². The third-order valence-electron chi connectivity index (χ3n) is 11.2. The summed E-state index contributed by atoms with van der Waals surface area (Å²) in [5, 5.41) is 10.4. The second kappa shape index (κ2) is 8.76. The molecule has 0 aromatic heterocycles. The second-order valence-corrected chi connectivity index (χ2v) is 12.4. The highest BCUT2D eigenvalue weighted by atomic mass is 16.5. The van der Waals surface area contributed by atoms with Gasteiger partial charge in [0.15, 0.2) is 0 Å². The smallest absolute Gasteiger partial charge is 0.102 e. The van der Waals surface area contributed by atoms with Crippen LogP contribution in [0, 0.1) is 34.5 Å². The zero-order valence-electron chi connectivity index (χ0n) is 21.3. The zero-order valence-corrected chi connectivity index (χ0v) is 21.3. The number of allylic oxidation sites excluding steroid dienone is 1. The summed E-state index contributed by atoms with van der Waals surface area (Å²) in [4.78, 5) is 0. The lowest BCUT2D eigenvalue weighted by Crippen LogP contribution is -2.51. The lowest BCUT2D eigenvalue weighted by Gasteiger charge is -2.58. The van der Waals surface area contributed by atoms with Crippen LogP contribution in [0.2, 0.25) is 0 Å². The first-order chi connectivity index (χ1) is 14.7. The number of hydrogen-bond acceptors (Lipinski definition) is 2. The van der Waals surface area contributed by atoms with Crippen molar-refractivity contribution in [1.29, 1.82) is 0 Å². The number of quaternary nitrogens is 1. The van der Waals surface area contributed by atoms with Crippen LogP contribution in [-0.2, 0) is 4.74 Å². The third kappa shape index (κ3) is 4.06. The molecule has 0 aliphatic heterocycles. The molecule has 3 unspecified atom stereocenters. The van der Waals surface area contributed by atoms with Crippen LogP contribution in [0.4, 0.5) is 0 Å². The number of aliphatic hydroxyl groups excluding tert-OH is 1. The van der Waals surface area contributed by atoms with Crippen molar-refractivity contribution in [2.24, 2.45) is 34.5 Å². The van der Waals surface area contributed by atoms with Crippen molar-refractivity contribution in [3.63, 3.8) is 0 Å². The summed E-state index contributed by atoms with van der Waals surface area (Å²) in [5.41, 5.74) is 2.48.